The minimum atomic E-state index is -4.92. The van der Waals surface area contributed by atoms with E-state index in [9.17, 15) is 31.1 Å². The third kappa shape index (κ3) is 5.34. The average molecular weight is 385 g/mol. The van der Waals surface area contributed by atoms with Gasteiger partial charge in [0.2, 0.25) is 6.10 Å². The number of hydrogen-bond acceptors (Lipinski definition) is 5. The van der Waals surface area contributed by atoms with Gasteiger partial charge in [-0.15, -0.1) is 24.5 Å². The van der Waals surface area contributed by atoms with Gasteiger partial charge in [0, 0.05) is 11.1 Å². The zero-order valence-electron chi connectivity index (χ0n) is 12.3. The molecule has 4 nitrogen and oxygen atoms in total. The second-order valence-electron chi connectivity index (χ2n) is 4.73. The summed E-state index contributed by atoms with van der Waals surface area (Å²) in [5, 5.41) is 0.918. The highest BCUT2D eigenvalue weighted by atomic mass is 32.1. The number of ether oxygens (including phenoxy) is 2. The summed E-state index contributed by atoms with van der Waals surface area (Å²) in [6, 6.07) is 3.31. The summed E-state index contributed by atoms with van der Waals surface area (Å²) < 4.78 is 83.5. The molecule has 25 heavy (non-hydrogen) atoms. The molecule has 1 unspecified atom stereocenters. The van der Waals surface area contributed by atoms with Crippen molar-refractivity contribution in [2.45, 2.75) is 25.6 Å². The molecule has 0 aliphatic carbocycles. The van der Waals surface area contributed by atoms with Crippen molar-refractivity contribution in [3.63, 3.8) is 0 Å². The predicted molar refractivity (Wildman–Crippen MR) is 74.2 cm³/mol. The molecule has 0 spiro atoms. The van der Waals surface area contributed by atoms with E-state index in [1.54, 1.807) is 0 Å². The number of benzene rings is 1. The first-order chi connectivity index (χ1) is 11.5. The van der Waals surface area contributed by atoms with Crippen molar-refractivity contribution in [1.82, 2.24) is 4.98 Å². The summed E-state index contributed by atoms with van der Waals surface area (Å²) in [6.07, 6.45) is -12.4. The van der Waals surface area contributed by atoms with Crippen LogP contribution in [0.1, 0.15) is 27.2 Å². The molecule has 0 saturated carbocycles. The molecule has 2 aromatic rings. The van der Waals surface area contributed by atoms with Crippen LogP contribution in [0.5, 0.6) is 5.75 Å². The summed E-state index contributed by atoms with van der Waals surface area (Å²) in [5.74, 6) is -1.97. The maximum absolute atomic E-state index is 13.1. The maximum atomic E-state index is 13.1. The van der Waals surface area contributed by atoms with Gasteiger partial charge in [0.1, 0.15) is 10.8 Å². The van der Waals surface area contributed by atoms with Gasteiger partial charge in [0.05, 0.1) is 5.56 Å². The van der Waals surface area contributed by atoms with E-state index in [-0.39, 0.29) is 5.56 Å². The Morgan fingerprint density at radius 3 is 2.16 bits per heavy atom. The molecule has 1 atom stereocenters. The highest BCUT2D eigenvalue weighted by Crippen LogP contribution is 2.38. The number of aryl methyl sites for hydroxylation is 1. The summed E-state index contributed by atoms with van der Waals surface area (Å²) >= 11 is 0.677. The minimum absolute atomic E-state index is 0.332. The van der Waals surface area contributed by atoms with Crippen molar-refractivity contribution >= 4 is 17.3 Å². The number of carbonyl (C=O) groups is 1. The molecule has 1 aromatic carbocycles. The number of hydrogen-bond donors (Lipinski definition) is 0. The summed E-state index contributed by atoms with van der Waals surface area (Å²) in [4.78, 5) is 15.5. The number of thiazole rings is 1. The van der Waals surface area contributed by atoms with Crippen LogP contribution in [0.2, 0.25) is 0 Å². The molecular weight excluding hydrogens is 376 g/mol. The molecule has 2 rings (SSSR count). The quantitative estimate of drug-likeness (QED) is 0.560. The highest BCUT2D eigenvalue weighted by molar-refractivity contribution is 7.09. The van der Waals surface area contributed by atoms with Crippen molar-refractivity contribution in [3.8, 4) is 5.75 Å². The molecule has 0 radical (unpaired) electrons. The van der Waals surface area contributed by atoms with E-state index < -0.39 is 35.4 Å². The largest absolute Gasteiger partial charge is 0.573 e. The topological polar surface area (TPSA) is 48.4 Å². The Bertz CT molecular complexity index is 738. The molecule has 1 heterocycles. The zero-order valence-corrected chi connectivity index (χ0v) is 13.1. The van der Waals surface area contributed by atoms with Crippen LogP contribution < -0.4 is 4.74 Å². The molecule has 0 aliphatic heterocycles. The van der Waals surface area contributed by atoms with Gasteiger partial charge < -0.3 is 9.47 Å². The molecule has 11 heteroatoms. The Labute approximate surface area is 141 Å². The van der Waals surface area contributed by atoms with Crippen LogP contribution >= 0.6 is 11.3 Å². The van der Waals surface area contributed by atoms with Crippen LogP contribution in [0.25, 0.3) is 0 Å². The van der Waals surface area contributed by atoms with E-state index in [0.29, 0.717) is 17.0 Å². The molecular formula is C14H9F6NO3S. The SMILES string of the molecule is Cc1csc(C(OC(=O)c2ccc(OC(F)(F)F)cc2)C(F)(F)F)n1. The fourth-order valence-electron chi connectivity index (χ4n) is 1.72. The second kappa shape index (κ2) is 6.90. The van der Waals surface area contributed by atoms with Crippen LogP contribution in [0, 0.1) is 6.92 Å². The normalized spacial score (nSPS) is 13.4. The van der Waals surface area contributed by atoms with E-state index in [2.05, 4.69) is 14.5 Å². The summed E-state index contributed by atoms with van der Waals surface area (Å²) in [5.41, 5.74) is -0.0315. The van der Waals surface area contributed by atoms with Gasteiger partial charge in [-0.3, -0.25) is 0 Å². The molecule has 0 fully saturated rings. The van der Waals surface area contributed by atoms with Crippen molar-refractivity contribution in [3.05, 3.63) is 45.9 Å². The van der Waals surface area contributed by atoms with Gasteiger partial charge in [-0.1, -0.05) is 0 Å². The number of esters is 1. The number of alkyl halides is 6. The molecule has 0 amide bonds. The first-order valence-electron chi connectivity index (χ1n) is 6.51. The molecule has 0 N–H and O–H groups in total. The Kier molecular flexibility index (Phi) is 5.26. The first-order valence-corrected chi connectivity index (χ1v) is 7.39. The Hall–Kier alpha value is -2.30. The van der Waals surface area contributed by atoms with Crippen LogP contribution in [0.3, 0.4) is 0 Å². The third-order valence-electron chi connectivity index (χ3n) is 2.71. The zero-order chi connectivity index (χ0) is 18.8. The molecule has 0 saturated heterocycles. The Morgan fingerprint density at radius 1 is 1.12 bits per heavy atom. The molecule has 136 valence electrons. The van der Waals surface area contributed by atoms with E-state index in [1.165, 1.54) is 12.3 Å². The smallest absolute Gasteiger partial charge is 0.442 e. The first kappa shape index (κ1) is 19.0. The van der Waals surface area contributed by atoms with Crippen molar-refractivity contribution in [2.75, 3.05) is 0 Å². The molecule has 0 bridgehead atoms. The lowest BCUT2D eigenvalue weighted by molar-refractivity contribution is -0.274. The third-order valence-corrected chi connectivity index (χ3v) is 3.71. The standard InChI is InChI=1S/C14H9F6NO3S/c1-7-6-25-11(21-7)10(13(15,16)17)23-12(22)8-2-4-9(5-3-8)24-14(18,19)20/h2-6,10H,1H3. The van der Waals surface area contributed by atoms with Crippen LogP contribution in [0.15, 0.2) is 29.6 Å². The summed E-state index contributed by atoms with van der Waals surface area (Å²) in [7, 11) is 0. The van der Waals surface area contributed by atoms with E-state index in [0.717, 1.165) is 24.3 Å². The number of rotatable bonds is 4. The maximum Gasteiger partial charge on any atom is 0.573 e. The van der Waals surface area contributed by atoms with Crippen LogP contribution in [0.4, 0.5) is 26.3 Å². The fourth-order valence-corrected chi connectivity index (χ4v) is 2.56. The van der Waals surface area contributed by atoms with Gasteiger partial charge in [-0.05, 0) is 31.2 Å². The van der Waals surface area contributed by atoms with Crippen molar-refractivity contribution < 1.29 is 40.6 Å². The lowest BCUT2D eigenvalue weighted by atomic mass is 10.2. The predicted octanol–water partition coefficient (Wildman–Crippen LogP) is 4.81. The number of carbonyl (C=O) groups excluding carboxylic acids is 1. The van der Waals surface area contributed by atoms with Crippen LogP contribution in [-0.4, -0.2) is 23.5 Å². The lowest BCUT2D eigenvalue weighted by Crippen LogP contribution is -2.26. The van der Waals surface area contributed by atoms with Crippen molar-refractivity contribution in [1.29, 1.82) is 0 Å². The second-order valence-corrected chi connectivity index (χ2v) is 5.62. The Balaban J connectivity index is 2.16. The van der Waals surface area contributed by atoms with Gasteiger partial charge in [0.15, 0.2) is 0 Å². The van der Waals surface area contributed by atoms with Gasteiger partial charge in [-0.25, -0.2) is 9.78 Å². The van der Waals surface area contributed by atoms with E-state index in [4.69, 9.17) is 0 Å². The monoisotopic (exact) mass is 385 g/mol. The summed E-state index contributed by atoms with van der Waals surface area (Å²) in [6.45, 7) is 1.48. The number of nitrogens with zero attached hydrogens (tertiary/aromatic N) is 1. The van der Waals surface area contributed by atoms with Gasteiger partial charge in [0.25, 0.3) is 0 Å². The number of halogens is 6. The van der Waals surface area contributed by atoms with E-state index >= 15 is 0 Å². The van der Waals surface area contributed by atoms with Crippen molar-refractivity contribution in [2.24, 2.45) is 0 Å². The molecule has 1 aromatic heterocycles. The number of aromatic nitrogens is 1. The lowest BCUT2D eigenvalue weighted by Gasteiger charge is -2.18. The minimum Gasteiger partial charge on any atom is -0.442 e. The fraction of sp³-hybridized carbons (Fsp3) is 0.286. The average Bonchev–Trinajstić information content (AvgIpc) is 2.88. The van der Waals surface area contributed by atoms with E-state index in [1.807, 2.05) is 0 Å². The van der Waals surface area contributed by atoms with Crippen LogP contribution in [-0.2, 0) is 4.74 Å². The Morgan fingerprint density at radius 2 is 1.72 bits per heavy atom. The molecule has 0 aliphatic rings. The van der Waals surface area contributed by atoms with Gasteiger partial charge in [-0.2, -0.15) is 13.2 Å². The van der Waals surface area contributed by atoms with Gasteiger partial charge >= 0.3 is 18.5 Å². The highest BCUT2D eigenvalue weighted by Gasteiger charge is 2.46.